The van der Waals surface area contributed by atoms with E-state index >= 15 is 0 Å². The van der Waals surface area contributed by atoms with Gasteiger partial charge in [0.05, 0.1) is 12.7 Å². The molecule has 0 bridgehead atoms. The van der Waals surface area contributed by atoms with E-state index in [1.165, 1.54) is 0 Å². The highest BCUT2D eigenvalue weighted by Crippen LogP contribution is 2.49. The Kier molecular flexibility index (Phi) is 3.94. The number of benzene rings is 1. The Morgan fingerprint density at radius 1 is 1.56 bits per heavy atom. The molecule has 0 spiro atoms. The number of nitriles is 1. The highest BCUT2D eigenvalue weighted by molar-refractivity contribution is 9.10. The fourth-order valence-electron chi connectivity index (χ4n) is 1.95. The summed E-state index contributed by atoms with van der Waals surface area (Å²) in [5.74, 6) is 0.831. The van der Waals surface area contributed by atoms with Gasteiger partial charge >= 0.3 is 0 Å². The van der Waals surface area contributed by atoms with Crippen LogP contribution in [0.4, 0.5) is 0 Å². The summed E-state index contributed by atoms with van der Waals surface area (Å²) in [7, 11) is 0. The van der Waals surface area contributed by atoms with E-state index in [9.17, 15) is 0 Å². The van der Waals surface area contributed by atoms with Gasteiger partial charge in [0.15, 0.2) is 0 Å². The number of nitrogens with two attached hydrogens (primary N) is 1. The summed E-state index contributed by atoms with van der Waals surface area (Å²) in [6, 6.07) is 8.05. The van der Waals surface area contributed by atoms with Crippen molar-refractivity contribution in [1.82, 2.24) is 0 Å². The Labute approximate surface area is 116 Å². The second-order valence-corrected chi connectivity index (χ2v) is 6.01. The van der Waals surface area contributed by atoms with Gasteiger partial charge in [0, 0.05) is 27.9 Å². The number of hydrogen-bond donors (Lipinski definition) is 1. The molecule has 0 radical (unpaired) electrons. The minimum Gasteiger partial charge on any atom is -0.493 e. The van der Waals surface area contributed by atoms with E-state index < -0.39 is 0 Å². The van der Waals surface area contributed by atoms with E-state index in [4.69, 9.17) is 15.7 Å². The van der Waals surface area contributed by atoms with E-state index in [-0.39, 0.29) is 11.5 Å². The number of halogens is 1. The highest BCUT2D eigenvalue weighted by Gasteiger charge is 2.43. The lowest BCUT2D eigenvalue weighted by atomic mass is 10.0. The predicted octanol–water partition coefficient (Wildman–Crippen LogP) is 3.54. The van der Waals surface area contributed by atoms with E-state index in [0.29, 0.717) is 13.0 Å². The summed E-state index contributed by atoms with van der Waals surface area (Å²) in [5, 5.41) is 8.79. The van der Waals surface area contributed by atoms with Crippen molar-refractivity contribution in [3.05, 3.63) is 28.2 Å². The first kappa shape index (κ1) is 13.4. The lowest BCUT2D eigenvalue weighted by Gasteiger charge is -2.17. The van der Waals surface area contributed by atoms with Crippen molar-refractivity contribution in [3.8, 4) is 11.8 Å². The summed E-state index contributed by atoms with van der Waals surface area (Å²) in [6.07, 6.45) is 2.76. The molecule has 4 heteroatoms. The Morgan fingerprint density at radius 2 is 2.28 bits per heavy atom. The SMILES string of the molecule is CC(N)c1cc(Br)ccc1OCC1(CC#N)CC1. The molecule has 2 rings (SSSR count). The summed E-state index contributed by atoms with van der Waals surface area (Å²) in [5.41, 5.74) is 7.04. The molecule has 1 aromatic carbocycles. The zero-order chi connectivity index (χ0) is 13.2. The highest BCUT2D eigenvalue weighted by atomic mass is 79.9. The monoisotopic (exact) mass is 308 g/mol. The van der Waals surface area contributed by atoms with Crippen LogP contribution in [0.3, 0.4) is 0 Å². The molecule has 0 aliphatic heterocycles. The maximum atomic E-state index is 8.79. The van der Waals surface area contributed by atoms with Gasteiger partial charge in [0.2, 0.25) is 0 Å². The fourth-order valence-corrected chi connectivity index (χ4v) is 2.33. The zero-order valence-corrected chi connectivity index (χ0v) is 12.0. The Balaban J connectivity index is 2.08. The Bertz CT molecular complexity index is 475. The van der Waals surface area contributed by atoms with Crippen molar-refractivity contribution in [1.29, 1.82) is 5.26 Å². The van der Waals surface area contributed by atoms with E-state index in [0.717, 1.165) is 28.6 Å². The largest absolute Gasteiger partial charge is 0.493 e. The fraction of sp³-hybridized carbons (Fsp3) is 0.500. The van der Waals surface area contributed by atoms with Crippen LogP contribution in [-0.4, -0.2) is 6.61 Å². The normalized spacial score (nSPS) is 17.9. The first-order chi connectivity index (χ1) is 8.56. The van der Waals surface area contributed by atoms with Gasteiger partial charge in [-0.15, -0.1) is 0 Å². The molecule has 3 nitrogen and oxygen atoms in total. The van der Waals surface area contributed by atoms with Crippen molar-refractivity contribution in [2.45, 2.75) is 32.2 Å². The van der Waals surface area contributed by atoms with E-state index in [2.05, 4.69) is 22.0 Å². The van der Waals surface area contributed by atoms with Gasteiger partial charge in [-0.05, 0) is 38.0 Å². The van der Waals surface area contributed by atoms with Gasteiger partial charge in [0.1, 0.15) is 5.75 Å². The van der Waals surface area contributed by atoms with Gasteiger partial charge in [0.25, 0.3) is 0 Å². The molecule has 96 valence electrons. The second kappa shape index (κ2) is 5.29. The lowest BCUT2D eigenvalue weighted by Crippen LogP contribution is -2.15. The van der Waals surface area contributed by atoms with Crippen LogP contribution in [0.25, 0.3) is 0 Å². The Hall–Kier alpha value is -1.05. The topological polar surface area (TPSA) is 59.0 Å². The van der Waals surface area contributed by atoms with Crippen LogP contribution in [0, 0.1) is 16.7 Å². The third-order valence-electron chi connectivity index (χ3n) is 3.41. The number of nitrogens with zero attached hydrogens (tertiary/aromatic N) is 1. The van der Waals surface area contributed by atoms with Gasteiger partial charge in [-0.1, -0.05) is 15.9 Å². The third-order valence-corrected chi connectivity index (χ3v) is 3.90. The maximum absolute atomic E-state index is 8.79. The summed E-state index contributed by atoms with van der Waals surface area (Å²) < 4.78 is 6.88. The van der Waals surface area contributed by atoms with Gasteiger partial charge < -0.3 is 10.5 Å². The third kappa shape index (κ3) is 3.04. The average Bonchev–Trinajstić information content (AvgIpc) is 3.08. The van der Waals surface area contributed by atoms with Crippen molar-refractivity contribution in [3.63, 3.8) is 0 Å². The van der Waals surface area contributed by atoms with Gasteiger partial charge in [-0.2, -0.15) is 5.26 Å². The first-order valence-electron chi connectivity index (χ1n) is 6.11. The van der Waals surface area contributed by atoms with Crippen molar-refractivity contribution in [2.24, 2.45) is 11.1 Å². The van der Waals surface area contributed by atoms with Gasteiger partial charge in [-0.3, -0.25) is 0 Å². The first-order valence-corrected chi connectivity index (χ1v) is 6.90. The van der Waals surface area contributed by atoms with Crippen molar-refractivity contribution >= 4 is 15.9 Å². The smallest absolute Gasteiger partial charge is 0.124 e. The van der Waals surface area contributed by atoms with E-state index in [1.807, 2.05) is 25.1 Å². The molecule has 1 atom stereocenters. The van der Waals surface area contributed by atoms with Crippen molar-refractivity contribution in [2.75, 3.05) is 6.61 Å². The molecule has 18 heavy (non-hydrogen) atoms. The molecular weight excluding hydrogens is 292 g/mol. The molecule has 0 heterocycles. The van der Waals surface area contributed by atoms with Crippen molar-refractivity contribution < 1.29 is 4.74 Å². The molecule has 1 saturated carbocycles. The van der Waals surface area contributed by atoms with E-state index in [1.54, 1.807) is 0 Å². The van der Waals surface area contributed by atoms with Crippen LogP contribution in [0.2, 0.25) is 0 Å². The zero-order valence-electron chi connectivity index (χ0n) is 10.4. The molecule has 0 aromatic heterocycles. The minimum absolute atomic E-state index is 0.0661. The average molecular weight is 309 g/mol. The second-order valence-electron chi connectivity index (χ2n) is 5.09. The molecule has 2 N–H and O–H groups in total. The Morgan fingerprint density at radius 3 is 2.83 bits per heavy atom. The summed E-state index contributed by atoms with van der Waals surface area (Å²) in [4.78, 5) is 0. The number of ether oxygens (including phenoxy) is 1. The molecule has 1 fully saturated rings. The summed E-state index contributed by atoms with van der Waals surface area (Å²) in [6.45, 7) is 2.55. The molecular formula is C14H17BrN2O. The molecule has 1 aromatic rings. The lowest BCUT2D eigenvalue weighted by molar-refractivity contribution is 0.234. The van der Waals surface area contributed by atoms with Crippen LogP contribution >= 0.6 is 15.9 Å². The van der Waals surface area contributed by atoms with Crippen LogP contribution in [-0.2, 0) is 0 Å². The van der Waals surface area contributed by atoms with Crippen LogP contribution in [0.15, 0.2) is 22.7 Å². The van der Waals surface area contributed by atoms with Crippen LogP contribution < -0.4 is 10.5 Å². The molecule has 1 unspecified atom stereocenters. The van der Waals surface area contributed by atoms with Gasteiger partial charge in [-0.25, -0.2) is 0 Å². The molecule has 0 amide bonds. The predicted molar refractivity (Wildman–Crippen MR) is 74.1 cm³/mol. The molecule has 0 saturated heterocycles. The molecule has 1 aliphatic rings. The minimum atomic E-state index is -0.0661. The summed E-state index contributed by atoms with van der Waals surface area (Å²) >= 11 is 3.44. The standard InChI is InChI=1S/C14H17BrN2O/c1-10(17)12-8-11(15)2-3-13(12)18-9-14(4-5-14)6-7-16/h2-3,8,10H,4-6,9,17H2,1H3. The quantitative estimate of drug-likeness (QED) is 0.905. The number of hydrogen-bond acceptors (Lipinski definition) is 3. The maximum Gasteiger partial charge on any atom is 0.124 e. The molecule has 1 aliphatic carbocycles. The van der Waals surface area contributed by atoms with Crippen LogP contribution in [0.5, 0.6) is 5.75 Å². The van der Waals surface area contributed by atoms with Crippen LogP contribution in [0.1, 0.15) is 37.8 Å². The number of rotatable bonds is 5.